The number of imidazole rings is 1. The van der Waals surface area contributed by atoms with Crippen LogP contribution in [0.2, 0.25) is 0 Å². The van der Waals surface area contributed by atoms with Crippen molar-refractivity contribution >= 4 is 0 Å². The zero-order chi connectivity index (χ0) is 14.0. The maximum Gasteiger partial charge on any atom is 0.108 e. The van der Waals surface area contributed by atoms with Crippen LogP contribution in [0.4, 0.5) is 0 Å². The fourth-order valence-corrected chi connectivity index (χ4v) is 2.23. The van der Waals surface area contributed by atoms with E-state index in [1.807, 2.05) is 6.92 Å². The smallest absolute Gasteiger partial charge is 0.108 e. The van der Waals surface area contributed by atoms with Crippen molar-refractivity contribution < 1.29 is 0 Å². The Bertz CT molecular complexity index is 536. The molecule has 1 unspecified atom stereocenters. The number of hydrogen-bond acceptors (Lipinski definition) is 2. The first-order chi connectivity index (χ1) is 8.97. The lowest BCUT2D eigenvalue weighted by molar-refractivity contribution is 0.709. The van der Waals surface area contributed by atoms with Crippen LogP contribution in [0.25, 0.3) is 11.3 Å². The van der Waals surface area contributed by atoms with Gasteiger partial charge >= 0.3 is 0 Å². The molecular formula is C16H23N3. The third-order valence-electron chi connectivity index (χ3n) is 3.30. The highest BCUT2D eigenvalue weighted by Gasteiger charge is 2.10. The number of benzene rings is 1. The number of H-pyrrole nitrogens is 1. The lowest BCUT2D eigenvalue weighted by Crippen LogP contribution is -2.18. The van der Waals surface area contributed by atoms with E-state index >= 15 is 0 Å². The summed E-state index contributed by atoms with van der Waals surface area (Å²) in [6.07, 6.45) is 0.783. The third-order valence-corrected chi connectivity index (χ3v) is 3.30. The predicted molar refractivity (Wildman–Crippen MR) is 80.2 cm³/mol. The number of aryl methyl sites for hydroxylation is 1. The first kappa shape index (κ1) is 13.8. The van der Waals surface area contributed by atoms with Crippen LogP contribution in [0.3, 0.4) is 0 Å². The highest BCUT2D eigenvalue weighted by atomic mass is 14.9. The van der Waals surface area contributed by atoms with E-state index in [9.17, 15) is 0 Å². The van der Waals surface area contributed by atoms with E-state index in [0.29, 0.717) is 5.92 Å². The van der Waals surface area contributed by atoms with Crippen LogP contribution in [0.5, 0.6) is 0 Å². The van der Waals surface area contributed by atoms with Crippen molar-refractivity contribution in [3.8, 4) is 11.3 Å². The van der Waals surface area contributed by atoms with Gasteiger partial charge in [0.05, 0.1) is 5.69 Å². The Kier molecular flexibility index (Phi) is 4.05. The van der Waals surface area contributed by atoms with E-state index in [0.717, 1.165) is 29.2 Å². The average molecular weight is 257 g/mol. The van der Waals surface area contributed by atoms with Gasteiger partial charge < -0.3 is 10.7 Å². The molecule has 0 aliphatic carbocycles. The molecule has 1 atom stereocenters. The fourth-order valence-electron chi connectivity index (χ4n) is 2.23. The molecule has 3 N–H and O–H groups in total. The molecule has 0 bridgehead atoms. The van der Waals surface area contributed by atoms with E-state index in [2.05, 4.69) is 55.0 Å². The minimum atomic E-state index is 0.127. The van der Waals surface area contributed by atoms with Gasteiger partial charge in [-0.05, 0) is 25.3 Å². The molecule has 0 saturated carbocycles. The van der Waals surface area contributed by atoms with E-state index in [1.54, 1.807) is 0 Å². The second kappa shape index (κ2) is 5.57. The van der Waals surface area contributed by atoms with Crippen LogP contribution in [0.1, 0.15) is 43.8 Å². The fraction of sp³-hybridized carbons (Fsp3) is 0.438. The largest absolute Gasteiger partial charge is 0.346 e. The molecule has 1 heterocycles. The molecular weight excluding hydrogens is 234 g/mol. The summed E-state index contributed by atoms with van der Waals surface area (Å²) in [7, 11) is 0. The summed E-state index contributed by atoms with van der Waals surface area (Å²) in [6.45, 7) is 8.46. The average Bonchev–Trinajstić information content (AvgIpc) is 2.69. The lowest BCUT2D eigenvalue weighted by atomic mass is 10.0. The van der Waals surface area contributed by atoms with Crippen LogP contribution >= 0.6 is 0 Å². The molecule has 3 nitrogen and oxygen atoms in total. The minimum Gasteiger partial charge on any atom is -0.346 e. The molecule has 3 heteroatoms. The van der Waals surface area contributed by atoms with E-state index < -0.39 is 0 Å². The van der Waals surface area contributed by atoms with Gasteiger partial charge in [0.15, 0.2) is 0 Å². The highest BCUT2D eigenvalue weighted by Crippen LogP contribution is 2.24. The van der Waals surface area contributed by atoms with Crippen LogP contribution < -0.4 is 5.73 Å². The van der Waals surface area contributed by atoms with Gasteiger partial charge in [-0.3, -0.25) is 0 Å². The maximum absolute atomic E-state index is 5.82. The van der Waals surface area contributed by atoms with Gasteiger partial charge in [-0.2, -0.15) is 0 Å². The number of aromatic nitrogens is 2. The first-order valence-corrected chi connectivity index (χ1v) is 6.88. The number of nitrogens with zero attached hydrogens (tertiary/aromatic N) is 1. The molecule has 19 heavy (non-hydrogen) atoms. The molecule has 102 valence electrons. The van der Waals surface area contributed by atoms with Crippen LogP contribution in [-0.2, 0) is 6.42 Å². The molecule has 0 aliphatic heterocycles. The number of aromatic amines is 1. The molecule has 2 rings (SSSR count). The summed E-state index contributed by atoms with van der Waals surface area (Å²) < 4.78 is 0. The Balaban J connectivity index is 2.28. The van der Waals surface area contributed by atoms with Crippen molar-refractivity contribution in [2.24, 2.45) is 5.73 Å². The van der Waals surface area contributed by atoms with Crippen LogP contribution in [0, 0.1) is 6.92 Å². The second-order valence-electron chi connectivity index (χ2n) is 5.62. The Morgan fingerprint density at radius 2 is 1.79 bits per heavy atom. The number of nitrogens with two attached hydrogens (primary N) is 1. The maximum atomic E-state index is 5.82. The second-order valence-corrected chi connectivity index (χ2v) is 5.62. The van der Waals surface area contributed by atoms with Crippen molar-refractivity contribution in [1.82, 2.24) is 9.97 Å². The number of rotatable bonds is 4. The summed E-state index contributed by atoms with van der Waals surface area (Å²) >= 11 is 0. The Morgan fingerprint density at radius 1 is 1.16 bits per heavy atom. The summed E-state index contributed by atoms with van der Waals surface area (Å²) in [5, 5.41) is 0. The number of nitrogens with one attached hydrogen (secondary N) is 1. The molecule has 0 spiro atoms. The highest BCUT2D eigenvalue weighted by molar-refractivity contribution is 5.62. The molecule has 0 aliphatic rings. The first-order valence-electron chi connectivity index (χ1n) is 6.88. The number of hydrogen-bond donors (Lipinski definition) is 2. The van der Waals surface area contributed by atoms with Crippen LogP contribution in [-0.4, -0.2) is 16.0 Å². The van der Waals surface area contributed by atoms with E-state index in [4.69, 9.17) is 5.73 Å². The quantitative estimate of drug-likeness (QED) is 0.882. The minimum absolute atomic E-state index is 0.127. The molecule has 1 aromatic heterocycles. The standard InChI is InChI=1S/C16H23N3/c1-10(2)13-5-7-14(8-6-13)16-12(4)18-15(19-16)9-11(3)17/h5-8,10-11H,9,17H2,1-4H3,(H,18,19). The van der Waals surface area contributed by atoms with Gasteiger partial charge in [0.2, 0.25) is 0 Å². The molecule has 2 aromatic rings. The lowest BCUT2D eigenvalue weighted by Gasteiger charge is -2.06. The summed E-state index contributed by atoms with van der Waals surface area (Å²) in [6, 6.07) is 8.78. The van der Waals surface area contributed by atoms with Crippen LogP contribution in [0.15, 0.2) is 24.3 Å². The molecule has 0 fully saturated rings. The molecule has 0 saturated heterocycles. The van der Waals surface area contributed by atoms with Gasteiger partial charge in [-0.1, -0.05) is 38.1 Å². The third kappa shape index (κ3) is 3.24. The Hall–Kier alpha value is -1.61. The normalized spacial score (nSPS) is 12.9. The Morgan fingerprint density at radius 3 is 2.32 bits per heavy atom. The zero-order valence-corrected chi connectivity index (χ0v) is 12.2. The van der Waals surface area contributed by atoms with Crippen molar-refractivity contribution in [3.63, 3.8) is 0 Å². The zero-order valence-electron chi connectivity index (χ0n) is 12.2. The van der Waals surface area contributed by atoms with Crippen molar-refractivity contribution in [2.45, 2.75) is 46.1 Å². The van der Waals surface area contributed by atoms with E-state index in [1.165, 1.54) is 5.56 Å². The van der Waals surface area contributed by atoms with E-state index in [-0.39, 0.29) is 6.04 Å². The SMILES string of the molecule is Cc1[nH]c(CC(C)N)nc1-c1ccc(C(C)C)cc1. The summed E-state index contributed by atoms with van der Waals surface area (Å²) in [5.74, 6) is 1.53. The monoisotopic (exact) mass is 257 g/mol. The Labute approximate surface area is 115 Å². The van der Waals surface area contributed by atoms with Gasteiger partial charge in [0.1, 0.15) is 5.82 Å². The van der Waals surface area contributed by atoms with Gasteiger partial charge in [-0.25, -0.2) is 4.98 Å². The van der Waals surface area contributed by atoms with Crippen molar-refractivity contribution in [3.05, 3.63) is 41.3 Å². The van der Waals surface area contributed by atoms with Crippen molar-refractivity contribution in [1.29, 1.82) is 0 Å². The van der Waals surface area contributed by atoms with Gasteiger partial charge in [0, 0.05) is 23.7 Å². The summed E-state index contributed by atoms with van der Waals surface area (Å²) in [4.78, 5) is 7.98. The molecule has 0 amide bonds. The predicted octanol–water partition coefficient (Wildman–Crippen LogP) is 3.40. The van der Waals surface area contributed by atoms with Gasteiger partial charge in [0.25, 0.3) is 0 Å². The van der Waals surface area contributed by atoms with Crippen molar-refractivity contribution in [2.75, 3.05) is 0 Å². The molecule has 0 radical (unpaired) electrons. The molecule has 1 aromatic carbocycles. The topological polar surface area (TPSA) is 54.7 Å². The van der Waals surface area contributed by atoms with Gasteiger partial charge in [-0.15, -0.1) is 0 Å². The summed E-state index contributed by atoms with van der Waals surface area (Å²) in [5.41, 5.74) is 10.5.